The number of nitrogens with one attached hydrogen (secondary N) is 2. The van der Waals surface area contributed by atoms with Crippen LogP contribution in [0.3, 0.4) is 0 Å². The summed E-state index contributed by atoms with van der Waals surface area (Å²) in [6, 6.07) is 0. The normalized spacial score (nSPS) is 16.1. The first kappa shape index (κ1) is 9.45. The summed E-state index contributed by atoms with van der Waals surface area (Å²) in [5.74, 6) is 0.420. The van der Waals surface area contributed by atoms with Crippen molar-refractivity contribution in [1.29, 1.82) is 0 Å². The summed E-state index contributed by atoms with van der Waals surface area (Å²) >= 11 is 0. The maximum absolute atomic E-state index is 11.6. The van der Waals surface area contributed by atoms with E-state index >= 15 is 0 Å². The minimum absolute atomic E-state index is 0.150. The van der Waals surface area contributed by atoms with Crippen molar-refractivity contribution in [2.45, 2.75) is 12.8 Å². The Labute approximate surface area is 71.7 Å². The quantitative estimate of drug-likeness (QED) is 0.559. The summed E-state index contributed by atoms with van der Waals surface area (Å²) in [5.41, 5.74) is 0. The summed E-state index contributed by atoms with van der Waals surface area (Å²) in [4.78, 5) is 11.0. The first-order chi connectivity index (χ1) is 5.84. The van der Waals surface area contributed by atoms with E-state index in [4.69, 9.17) is 0 Å². The molecule has 1 fully saturated rings. The molecule has 0 heterocycles. The van der Waals surface area contributed by atoms with E-state index in [0.29, 0.717) is 19.6 Å². The molecule has 0 aromatic carbocycles. The predicted octanol–water partition coefficient (Wildman–Crippen LogP) is 0.0717. The van der Waals surface area contributed by atoms with Crippen LogP contribution in [0.1, 0.15) is 12.8 Å². The van der Waals surface area contributed by atoms with Gasteiger partial charge in [-0.05, 0) is 12.8 Å². The van der Waals surface area contributed by atoms with Gasteiger partial charge in [-0.15, -0.1) is 0 Å². The third-order valence-electron chi connectivity index (χ3n) is 1.82. The van der Waals surface area contributed by atoms with Crippen molar-refractivity contribution in [2.24, 2.45) is 5.92 Å². The number of halogens is 1. The largest absolute Gasteiger partial charge is 0.355 e. The third-order valence-corrected chi connectivity index (χ3v) is 1.82. The van der Waals surface area contributed by atoms with E-state index in [0.717, 1.165) is 12.8 Å². The number of amides is 1. The first-order valence-corrected chi connectivity index (χ1v) is 4.39. The summed E-state index contributed by atoms with van der Waals surface area (Å²) in [7, 11) is 0. The van der Waals surface area contributed by atoms with Crippen molar-refractivity contribution < 1.29 is 9.18 Å². The van der Waals surface area contributed by atoms with Gasteiger partial charge in [0.25, 0.3) is 0 Å². The Kier molecular flexibility index (Phi) is 4.00. The zero-order chi connectivity index (χ0) is 8.81. The van der Waals surface area contributed by atoms with E-state index in [1.807, 2.05) is 0 Å². The van der Waals surface area contributed by atoms with Gasteiger partial charge < -0.3 is 10.6 Å². The van der Waals surface area contributed by atoms with Crippen molar-refractivity contribution in [3.8, 4) is 0 Å². The highest BCUT2D eigenvalue weighted by Gasteiger charge is 2.28. The van der Waals surface area contributed by atoms with Gasteiger partial charge in [-0.2, -0.15) is 0 Å². The molecule has 0 radical (unpaired) electrons. The third kappa shape index (κ3) is 3.67. The molecule has 70 valence electrons. The number of carbonyl (C=O) groups is 1. The lowest BCUT2D eigenvalue weighted by atomic mass is 10.4. The molecule has 1 aliphatic rings. The maximum atomic E-state index is 11.6. The van der Waals surface area contributed by atoms with Gasteiger partial charge >= 0.3 is 0 Å². The highest BCUT2D eigenvalue weighted by molar-refractivity contribution is 5.80. The zero-order valence-electron chi connectivity index (χ0n) is 7.11. The van der Waals surface area contributed by atoms with Crippen molar-refractivity contribution >= 4 is 5.91 Å². The molecule has 3 nitrogen and oxygen atoms in total. The van der Waals surface area contributed by atoms with E-state index in [1.54, 1.807) is 0 Å². The molecular formula is C8H15FN2O. The van der Waals surface area contributed by atoms with E-state index in [-0.39, 0.29) is 18.5 Å². The molecule has 0 aliphatic heterocycles. The Morgan fingerprint density at radius 1 is 1.33 bits per heavy atom. The lowest BCUT2D eigenvalue weighted by Gasteiger charge is -2.03. The van der Waals surface area contributed by atoms with Crippen LogP contribution in [-0.4, -0.2) is 32.2 Å². The zero-order valence-corrected chi connectivity index (χ0v) is 7.11. The Hall–Kier alpha value is -0.640. The number of rotatable bonds is 6. The van der Waals surface area contributed by atoms with Gasteiger partial charge in [-0.1, -0.05) is 0 Å². The van der Waals surface area contributed by atoms with E-state index < -0.39 is 0 Å². The summed E-state index contributed by atoms with van der Waals surface area (Å²) < 4.78 is 11.6. The second-order valence-corrected chi connectivity index (χ2v) is 3.00. The minimum Gasteiger partial charge on any atom is -0.355 e. The SMILES string of the molecule is O=C(NCCNCCF)C1CC1. The minimum atomic E-state index is -0.351. The number of hydrogen-bond donors (Lipinski definition) is 2. The van der Waals surface area contributed by atoms with Gasteiger partial charge in [0.05, 0.1) is 0 Å². The van der Waals surface area contributed by atoms with Crippen molar-refractivity contribution in [3.05, 3.63) is 0 Å². The molecule has 0 spiro atoms. The Bertz CT molecular complexity index is 148. The van der Waals surface area contributed by atoms with Crippen LogP contribution >= 0.6 is 0 Å². The maximum Gasteiger partial charge on any atom is 0.223 e. The second-order valence-electron chi connectivity index (χ2n) is 3.00. The molecular weight excluding hydrogens is 159 g/mol. The number of hydrogen-bond acceptors (Lipinski definition) is 2. The second kappa shape index (κ2) is 5.09. The average Bonchev–Trinajstić information content (AvgIpc) is 2.86. The summed E-state index contributed by atoms with van der Waals surface area (Å²) in [6.07, 6.45) is 2.06. The van der Waals surface area contributed by atoms with Crippen LogP contribution in [0, 0.1) is 5.92 Å². The molecule has 2 N–H and O–H groups in total. The molecule has 0 bridgehead atoms. The first-order valence-electron chi connectivity index (χ1n) is 4.39. The molecule has 1 rings (SSSR count). The fourth-order valence-corrected chi connectivity index (χ4v) is 0.956. The topological polar surface area (TPSA) is 41.1 Å². The molecule has 1 saturated carbocycles. The highest BCUT2D eigenvalue weighted by Crippen LogP contribution is 2.28. The summed E-state index contributed by atoms with van der Waals surface area (Å²) in [6.45, 7) is 1.29. The van der Waals surface area contributed by atoms with Gasteiger partial charge in [0.2, 0.25) is 5.91 Å². The van der Waals surface area contributed by atoms with Gasteiger partial charge in [-0.3, -0.25) is 4.79 Å². The smallest absolute Gasteiger partial charge is 0.223 e. The molecule has 4 heteroatoms. The standard InChI is InChI=1S/C8H15FN2O/c9-3-4-10-5-6-11-8(12)7-1-2-7/h7,10H,1-6H2,(H,11,12). The van der Waals surface area contributed by atoms with E-state index in [1.165, 1.54) is 0 Å². The Morgan fingerprint density at radius 3 is 2.67 bits per heavy atom. The van der Waals surface area contributed by atoms with Crippen LogP contribution in [0.5, 0.6) is 0 Å². The number of carbonyl (C=O) groups excluding carboxylic acids is 1. The fraction of sp³-hybridized carbons (Fsp3) is 0.875. The number of alkyl halides is 1. The Morgan fingerprint density at radius 2 is 2.08 bits per heavy atom. The van der Waals surface area contributed by atoms with Crippen LogP contribution in [0.4, 0.5) is 4.39 Å². The molecule has 0 atom stereocenters. The van der Waals surface area contributed by atoms with Crippen molar-refractivity contribution in [3.63, 3.8) is 0 Å². The summed E-state index contributed by atoms with van der Waals surface area (Å²) in [5, 5.41) is 5.64. The van der Waals surface area contributed by atoms with Crippen molar-refractivity contribution in [1.82, 2.24) is 10.6 Å². The molecule has 1 aliphatic carbocycles. The van der Waals surface area contributed by atoms with Crippen LogP contribution in [0.25, 0.3) is 0 Å². The molecule has 12 heavy (non-hydrogen) atoms. The van der Waals surface area contributed by atoms with Gasteiger partial charge in [0, 0.05) is 25.6 Å². The van der Waals surface area contributed by atoms with E-state index in [2.05, 4.69) is 10.6 Å². The monoisotopic (exact) mass is 174 g/mol. The fourth-order valence-electron chi connectivity index (χ4n) is 0.956. The molecule has 0 aromatic rings. The van der Waals surface area contributed by atoms with Crippen LogP contribution in [0.2, 0.25) is 0 Å². The van der Waals surface area contributed by atoms with E-state index in [9.17, 15) is 9.18 Å². The molecule has 0 aromatic heterocycles. The Balaban J connectivity index is 1.84. The highest BCUT2D eigenvalue weighted by atomic mass is 19.1. The molecule has 0 saturated heterocycles. The lowest BCUT2D eigenvalue weighted by molar-refractivity contribution is -0.122. The molecule has 1 amide bonds. The van der Waals surface area contributed by atoms with Crippen LogP contribution in [0.15, 0.2) is 0 Å². The van der Waals surface area contributed by atoms with Crippen molar-refractivity contribution in [2.75, 3.05) is 26.3 Å². The molecule has 0 unspecified atom stereocenters. The lowest BCUT2D eigenvalue weighted by Crippen LogP contribution is -2.33. The van der Waals surface area contributed by atoms with Gasteiger partial charge in [0.1, 0.15) is 6.67 Å². The average molecular weight is 174 g/mol. The van der Waals surface area contributed by atoms with Crippen LogP contribution < -0.4 is 10.6 Å². The van der Waals surface area contributed by atoms with Gasteiger partial charge in [0.15, 0.2) is 0 Å². The van der Waals surface area contributed by atoms with Crippen LogP contribution in [-0.2, 0) is 4.79 Å². The van der Waals surface area contributed by atoms with Gasteiger partial charge in [-0.25, -0.2) is 4.39 Å². The predicted molar refractivity (Wildman–Crippen MR) is 44.6 cm³/mol.